The molecule has 0 bridgehead atoms. The highest BCUT2D eigenvalue weighted by molar-refractivity contribution is 5.49. The Bertz CT molecular complexity index is 744. The number of likely N-dealkylation sites (tertiary alicyclic amines) is 1. The first-order valence-corrected chi connectivity index (χ1v) is 7.46. The van der Waals surface area contributed by atoms with E-state index in [0.29, 0.717) is 11.5 Å². The number of nitrogens with zero attached hydrogens (tertiary/aromatic N) is 3. The summed E-state index contributed by atoms with van der Waals surface area (Å²) in [6.07, 6.45) is 3.85. The van der Waals surface area contributed by atoms with Crippen LogP contribution in [0.15, 0.2) is 44.0 Å². The monoisotopic (exact) mass is 299 g/mol. The van der Waals surface area contributed by atoms with Crippen LogP contribution in [0.1, 0.15) is 36.0 Å². The van der Waals surface area contributed by atoms with Crippen LogP contribution in [0.2, 0.25) is 0 Å². The summed E-state index contributed by atoms with van der Waals surface area (Å²) in [6.45, 7) is 3.70. The van der Waals surface area contributed by atoms with Gasteiger partial charge in [-0.15, -0.1) is 0 Å². The summed E-state index contributed by atoms with van der Waals surface area (Å²) in [4.78, 5) is 2.35. The molecule has 0 saturated carbocycles. The van der Waals surface area contributed by atoms with Crippen molar-refractivity contribution in [1.82, 2.24) is 15.2 Å². The molecule has 0 amide bonds. The summed E-state index contributed by atoms with van der Waals surface area (Å²) in [5, 5.41) is 8.14. The molecule has 4 rings (SSSR count). The van der Waals surface area contributed by atoms with Crippen LogP contribution in [0.5, 0.6) is 0 Å². The Morgan fingerprint density at radius 2 is 2.18 bits per heavy atom. The van der Waals surface area contributed by atoms with Gasteiger partial charge in [0.2, 0.25) is 5.76 Å². The summed E-state index contributed by atoms with van der Waals surface area (Å²) in [7, 11) is 0. The fourth-order valence-electron chi connectivity index (χ4n) is 3.01. The third-order valence-corrected chi connectivity index (χ3v) is 4.03. The van der Waals surface area contributed by atoms with Gasteiger partial charge in [0.15, 0.2) is 11.5 Å². The number of hydrogen-bond acceptors (Lipinski definition) is 6. The molecule has 3 aromatic rings. The molecule has 0 aromatic carbocycles. The Labute approximate surface area is 127 Å². The van der Waals surface area contributed by atoms with Gasteiger partial charge in [0.05, 0.1) is 23.7 Å². The highest BCUT2D eigenvalue weighted by Crippen LogP contribution is 2.33. The lowest BCUT2D eigenvalue weighted by molar-refractivity contribution is 0.202. The van der Waals surface area contributed by atoms with Gasteiger partial charge in [-0.3, -0.25) is 4.90 Å². The highest BCUT2D eigenvalue weighted by Gasteiger charge is 2.29. The topological polar surface area (TPSA) is 68.4 Å². The molecule has 6 nitrogen and oxygen atoms in total. The van der Waals surface area contributed by atoms with E-state index < -0.39 is 0 Å². The van der Waals surface area contributed by atoms with Crippen LogP contribution in [0.4, 0.5) is 0 Å². The molecule has 1 aliphatic heterocycles. The molecule has 1 fully saturated rings. The zero-order valence-electron chi connectivity index (χ0n) is 12.4. The van der Waals surface area contributed by atoms with Crippen LogP contribution < -0.4 is 0 Å². The molecule has 0 N–H and O–H groups in total. The minimum Gasteiger partial charge on any atom is -0.461 e. The summed E-state index contributed by atoms with van der Waals surface area (Å²) < 4.78 is 16.1. The van der Waals surface area contributed by atoms with Gasteiger partial charge in [0, 0.05) is 18.7 Å². The first kappa shape index (κ1) is 13.3. The van der Waals surface area contributed by atoms with E-state index in [9.17, 15) is 0 Å². The molecule has 1 aliphatic rings. The van der Waals surface area contributed by atoms with Crippen LogP contribution in [-0.2, 0) is 6.54 Å². The van der Waals surface area contributed by atoms with Crippen molar-refractivity contribution in [3.8, 4) is 11.5 Å². The molecular formula is C16H17N3O3. The van der Waals surface area contributed by atoms with Crippen LogP contribution in [0.25, 0.3) is 11.5 Å². The zero-order chi connectivity index (χ0) is 14.9. The van der Waals surface area contributed by atoms with E-state index in [1.807, 2.05) is 31.2 Å². The number of furan rings is 1. The highest BCUT2D eigenvalue weighted by atomic mass is 16.5. The normalized spacial score (nSPS) is 19.0. The van der Waals surface area contributed by atoms with Crippen molar-refractivity contribution in [2.24, 2.45) is 0 Å². The lowest BCUT2D eigenvalue weighted by atomic mass is 10.1. The maximum atomic E-state index is 5.43. The van der Waals surface area contributed by atoms with Crippen molar-refractivity contribution in [2.45, 2.75) is 32.4 Å². The molecular weight excluding hydrogens is 282 g/mol. The van der Waals surface area contributed by atoms with Crippen LogP contribution in [0, 0.1) is 6.92 Å². The van der Waals surface area contributed by atoms with Crippen LogP contribution in [-0.4, -0.2) is 21.8 Å². The first-order valence-electron chi connectivity index (χ1n) is 7.46. The fourth-order valence-corrected chi connectivity index (χ4v) is 3.01. The fraction of sp³-hybridized carbons (Fsp3) is 0.375. The maximum absolute atomic E-state index is 5.43. The predicted molar refractivity (Wildman–Crippen MR) is 77.8 cm³/mol. The second kappa shape index (κ2) is 5.46. The van der Waals surface area contributed by atoms with Gasteiger partial charge in [0.25, 0.3) is 0 Å². The third kappa shape index (κ3) is 2.46. The number of aromatic nitrogens is 2. The van der Waals surface area contributed by atoms with Crippen molar-refractivity contribution in [3.05, 3.63) is 47.7 Å². The molecule has 1 atom stereocenters. The van der Waals surface area contributed by atoms with Gasteiger partial charge in [-0.25, -0.2) is 0 Å². The van der Waals surface area contributed by atoms with E-state index in [-0.39, 0.29) is 6.04 Å². The van der Waals surface area contributed by atoms with E-state index in [2.05, 4.69) is 15.2 Å². The Kier molecular flexibility index (Phi) is 3.31. The third-order valence-electron chi connectivity index (χ3n) is 4.03. The summed E-state index contributed by atoms with van der Waals surface area (Å²) in [6, 6.07) is 7.91. The molecule has 0 radical (unpaired) electrons. The van der Waals surface area contributed by atoms with E-state index in [1.54, 1.807) is 6.26 Å². The molecule has 1 unspecified atom stereocenters. The van der Waals surface area contributed by atoms with Crippen molar-refractivity contribution < 1.29 is 13.5 Å². The molecule has 22 heavy (non-hydrogen) atoms. The molecule has 4 heterocycles. The zero-order valence-corrected chi connectivity index (χ0v) is 12.4. The summed E-state index contributed by atoms with van der Waals surface area (Å²) in [5.74, 6) is 2.29. The van der Waals surface area contributed by atoms with Crippen LogP contribution in [0.3, 0.4) is 0 Å². The van der Waals surface area contributed by atoms with Crippen molar-refractivity contribution >= 4 is 0 Å². The van der Waals surface area contributed by atoms with E-state index >= 15 is 0 Å². The second-order valence-electron chi connectivity index (χ2n) is 5.66. The summed E-state index contributed by atoms with van der Waals surface area (Å²) in [5.41, 5.74) is 1.82. The second-order valence-corrected chi connectivity index (χ2v) is 5.66. The van der Waals surface area contributed by atoms with Gasteiger partial charge in [-0.1, -0.05) is 10.3 Å². The Morgan fingerprint density at radius 1 is 1.23 bits per heavy atom. The Balaban J connectivity index is 1.50. The lowest BCUT2D eigenvalue weighted by Gasteiger charge is -2.20. The average Bonchev–Trinajstić information content (AvgIpc) is 3.26. The molecule has 114 valence electrons. The Hall–Kier alpha value is -2.34. The number of aryl methyl sites for hydroxylation is 1. The number of rotatable bonds is 4. The van der Waals surface area contributed by atoms with Crippen molar-refractivity contribution in [3.63, 3.8) is 0 Å². The average molecular weight is 299 g/mol. The molecule has 3 aromatic heterocycles. The quantitative estimate of drug-likeness (QED) is 0.733. The standard InChI is InChI=1S/C16H17N3O3/c1-11-8-15(21-17-11)13-4-2-6-19(13)10-12-9-16(22-18-12)14-5-3-7-20-14/h3,5,7-9,13H,2,4,6,10H2,1H3. The molecule has 0 spiro atoms. The van der Waals surface area contributed by atoms with E-state index in [1.165, 1.54) is 0 Å². The van der Waals surface area contributed by atoms with Crippen molar-refractivity contribution in [1.29, 1.82) is 0 Å². The smallest absolute Gasteiger partial charge is 0.202 e. The molecule has 6 heteroatoms. The number of hydrogen-bond donors (Lipinski definition) is 0. The van der Waals surface area contributed by atoms with Crippen molar-refractivity contribution in [2.75, 3.05) is 6.54 Å². The van der Waals surface area contributed by atoms with Gasteiger partial charge in [-0.05, 0) is 38.4 Å². The summed E-state index contributed by atoms with van der Waals surface area (Å²) >= 11 is 0. The molecule has 1 saturated heterocycles. The van der Waals surface area contributed by atoms with Crippen LogP contribution >= 0.6 is 0 Å². The van der Waals surface area contributed by atoms with Gasteiger partial charge < -0.3 is 13.5 Å². The van der Waals surface area contributed by atoms with Gasteiger partial charge >= 0.3 is 0 Å². The first-order chi connectivity index (χ1) is 10.8. The van der Waals surface area contributed by atoms with Gasteiger partial charge in [0.1, 0.15) is 0 Å². The van der Waals surface area contributed by atoms with Gasteiger partial charge in [-0.2, -0.15) is 0 Å². The van der Waals surface area contributed by atoms with E-state index in [0.717, 1.165) is 43.1 Å². The molecule has 0 aliphatic carbocycles. The maximum Gasteiger partial charge on any atom is 0.202 e. The minimum atomic E-state index is 0.268. The Morgan fingerprint density at radius 3 is 2.95 bits per heavy atom. The largest absolute Gasteiger partial charge is 0.461 e. The lowest BCUT2D eigenvalue weighted by Crippen LogP contribution is -2.22. The SMILES string of the molecule is Cc1cc(C2CCCN2Cc2cc(-c3ccco3)on2)on1. The minimum absolute atomic E-state index is 0.268. The predicted octanol–water partition coefficient (Wildman–Crippen LogP) is 3.57. The van der Waals surface area contributed by atoms with E-state index in [4.69, 9.17) is 13.5 Å².